The number of rotatable bonds is 4. The van der Waals surface area contributed by atoms with E-state index in [1.165, 1.54) is 24.3 Å². The molecule has 1 heterocycles. The number of benzene rings is 3. The Bertz CT molecular complexity index is 1320. The van der Waals surface area contributed by atoms with Crippen LogP contribution in [0.4, 0.5) is 17.6 Å². The molecule has 3 aromatic carbocycles. The van der Waals surface area contributed by atoms with Crippen LogP contribution in [0.25, 0.3) is 11.1 Å². The molecule has 0 bridgehead atoms. The first-order valence-electron chi connectivity index (χ1n) is 13.3. The van der Waals surface area contributed by atoms with E-state index in [4.69, 9.17) is 4.74 Å². The molecule has 1 unspecified atom stereocenters. The fourth-order valence-corrected chi connectivity index (χ4v) is 6.55. The third-order valence-electron chi connectivity index (χ3n) is 8.65. The number of halogens is 4. The van der Waals surface area contributed by atoms with Crippen LogP contribution in [0.1, 0.15) is 97.3 Å². The van der Waals surface area contributed by atoms with E-state index < -0.39 is 35.4 Å². The second kappa shape index (κ2) is 9.38. The van der Waals surface area contributed by atoms with Crippen molar-refractivity contribution < 1.29 is 32.5 Å². The second-order valence-corrected chi connectivity index (χ2v) is 11.0. The van der Waals surface area contributed by atoms with Gasteiger partial charge in [-0.15, -0.1) is 0 Å². The van der Waals surface area contributed by atoms with Gasteiger partial charge in [-0.2, -0.15) is 13.2 Å². The summed E-state index contributed by atoms with van der Waals surface area (Å²) in [7, 11) is 0. The van der Waals surface area contributed by atoms with Gasteiger partial charge in [0.15, 0.2) is 0 Å². The average molecular weight is 527 g/mol. The smallest absolute Gasteiger partial charge is 0.416 e. The quantitative estimate of drug-likeness (QED) is 0.339. The van der Waals surface area contributed by atoms with E-state index >= 15 is 0 Å². The van der Waals surface area contributed by atoms with Gasteiger partial charge in [-0.1, -0.05) is 37.1 Å². The molecule has 2 N–H and O–H groups in total. The van der Waals surface area contributed by atoms with Crippen molar-refractivity contribution in [1.82, 2.24) is 0 Å². The van der Waals surface area contributed by atoms with Gasteiger partial charge in [-0.25, -0.2) is 4.39 Å². The Hall–Kier alpha value is -2.90. The van der Waals surface area contributed by atoms with Crippen LogP contribution >= 0.6 is 0 Å². The molecule has 2 saturated carbocycles. The molecule has 0 aromatic heterocycles. The van der Waals surface area contributed by atoms with Crippen LogP contribution in [0, 0.1) is 5.82 Å². The average Bonchev–Trinajstić information content (AvgIpc) is 3.41. The van der Waals surface area contributed by atoms with Crippen molar-refractivity contribution in [2.75, 3.05) is 0 Å². The molecule has 0 saturated heterocycles. The number of alkyl halides is 3. The zero-order chi connectivity index (χ0) is 26.7. The van der Waals surface area contributed by atoms with Crippen molar-refractivity contribution in [1.29, 1.82) is 0 Å². The molecular weight excluding hydrogens is 496 g/mol. The molecule has 2 atom stereocenters. The Morgan fingerprint density at radius 3 is 2.16 bits per heavy atom. The Morgan fingerprint density at radius 2 is 1.58 bits per heavy atom. The standard InChI is InChI=1S/C31H30F4O3/c32-22-12-8-19(9-13-22)26-27(29(37)20-6-10-21(11-7-20)31(33,34)35)23(18-4-1-2-5-18)16-25-28(26)24(36)17-30(38-25)14-3-15-30/h6-13,16,18,24,29,36-37H,1-5,14-15,17H2/t24-,29?/m0/s1. The first kappa shape index (κ1) is 25.4. The third kappa shape index (κ3) is 4.39. The van der Waals surface area contributed by atoms with Gasteiger partial charge in [-0.05, 0) is 96.2 Å². The summed E-state index contributed by atoms with van der Waals surface area (Å²) in [5.41, 5.74) is 2.33. The summed E-state index contributed by atoms with van der Waals surface area (Å²) in [6.45, 7) is 0. The first-order chi connectivity index (χ1) is 18.2. The summed E-state index contributed by atoms with van der Waals surface area (Å²) in [5.74, 6) is 0.316. The Labute approximate surface area is 219 Å². The van der Waals surface area contributed by atoms with Gasteiger partial charge >= 0.3 is 6.18 Å². The van der Waals surface area contributed by atoms with Crippen molar-refractivity contribution in [3.05, 3.63) is 88.2 Å². The van der Waals surface area contributed by atoms with Crippen molar-refractivity contribution in [3.8, 4) is 16.9 Å². The molecule has 6 rings (SSSR count). The Balaban J connectivity index is 1.58. The molecule has 2 aliphatic carbocycles. The van der Waals surface area contributed by atoms with Crippen LogP contribution in [0.2, 0.25) is 0 Å². The van der Waals surface area contributed by atoms with Gasteiger partial charge < -0.3 is 14.9 Å². The third-order valence-corrected chi connectivity index (χ3v) is 8.65. The zero-order valence-corrected chi connectivity index (χ0v) is 20.9. The van der Waals surface area contributed by atoms with Crippen molar-refractivity contribution in [2.24, 2.45) is 0 Å². The van der Waals surface area contributed by atoms with Crippen LogP contribution < -0.4 is 4.74 Å². The van der Waals surface area contributed by atoms with Crippen LogP contribution in [-0.4, -0.2) is 15.8 Å². The summed E-state index contributed by atoms with van der Waals surface area (Å²) < 4.78 is 60.2. The summed E-state index contributed by atoms with van der Waals surface area (Å²) in [6.07, 6.45) is 0.523. The number of fused-ring (bicyclic) bond motifs is 1. The lowest BCUT2D eigenvalue weighted by molar-refractivity contribution is -0.137. The molecule has 0 radical (unpaired) electrons. The minimum absolute atomic E-state index is 0.138. The predicted molar refractivity (Wildman–Crippen MR) is 135 cm³/mol. The highest BCUT2D eigenvalue weighted by atomic mass is 19.4. The lowest BCUT2D eigenvalue weighted by Crippen LogP contribution is -2.47. The monoisotopic (exact) mass is 526 g/mol. The summed E-state index contributed by atoms with van der Waals surface area (Å²) in [4.78, 5) is 0. The molecule has 1 aliphatic heterocycles. The van der Waals surface area contributed by atoms with Crippen LogP contribution in [0.15, 0.2) is 54.6 Å². The maximum atomic E-state index is 13.9. The summed E-state index contributed by atoms with van der Waals surface area (Å²) >= 11 is 0. The van der Waals surface area contributed by atoms with Crippen LogP contribution in [-0.2, 0) is 6.18 Å². The molecule has 38 heavy (non-hydrogen) atoms. The van der Waals surface area contributed by atoms with Crippen LogP contribution in [0.5, 0.6) is 5.75 Å². The molecule has 3 nitrogen and oxygen atoms in total. The van der Waals surface area contributed by atoms with E-state index in [1.54, 1.807) is 12.1 Å². The van der Waals surface area contributed by atoms with Crippen molar-refractivity contribution >= 4 is 0 Å². The van der Waals surface area contributed by atoms with E-state index in [0.29, 0.717) is 40.0 Å². The zero-order valence-electron chi connectivity index (χ0n) is 20.9. The second-order valence-electron chi connectivity index (χ2n) is 11.0. The fourth-order valence-electron chi connectivity index (χ4n) is 6.55. The normalized spacial score (nSPS) is 21.6. The number of hydrogen-bond acceptors (Lipinski definition) is 3. The minimum atomic E-state index is -4.48. The molecular formula is C31H30F4O3. The highest BCUT2D eigenvalue weighted by molar-refractivity contribution is 5.78. The number of aliphatic hydroxyl groups is 2. The van der Waals surface area contributed by atoms with Gasteiger partial charge in [0, 0.05) is 12.0 Å². The lowest BCUT2D eigenvalue weighted by Gasteiger charge is -2.48. The molecule has 200 valence electrons. The van der Waals surface area contributed by atoms with Crippen LogP contribution in [0.3, 0.4) is 0 Å². The molecule has 2 fully saturated rings. The summed E-state index contributed by atoms with van der Waals surface area (Å²) in [5, 5.41) is 23.3. The molecule has 3 aromatic rings. The van der Waals surface area contributed by atoms with E-state index in [9.17, 15) is 27.8 Å². The van der Waals surface area contributed by atoms with Gasteiger partial charge in [0.05, 0.1) is 11.7 Å². The maximum absolute atomic E-state index is 13.9. The lowest BCUT2D eigenvalue weighted by atomic mass is 9.71. The summed E-state index contributed by atoms with van der Waals surface area (Å²) in [6, 6.07) is 12.4. The topological polar surface area (TPSA) is 49.7 Å². The van der Waals surface area contributed by atoms with Crippen molar-refractivity contribution in [2.45, 2.75) is 81.3 Å². The van der Waals surface area contributed by atoms with Gasteiger partial charge in [0.25, 0.3) is 0 Å². The SMILES string of the molecule is OC(c1ccc(C(F)(F)F)cc1)c1c(C2CCCC2)cc2c(c1-c1ccc(F)cc1)[C@@H](O)CC1(CCC1)O2. The number of aliphatic hydroxyl groups excluding tert-OH is 2. The van der Waals surface area contributed by atoms with Gasteiger partial charge in [0.2, 0.25) is 0 Å². The maximum Gasteiger partial charge on any atom is 0.416 e. The highest BCUT2D eigenvalue weighted by Gasteiger charge is 2.47. The van der Waals surface area contributed by atoms with E-state index in [1.807, 2.05) is 6.07 Å². The Morgan fingerprint density at radius 1 is 0.921 bits per heavy atom. The number of hydrogen-bond donors (Lipinski definition) is 2. The first-order valence-corrected chi connectivity index (χ1v) is 13.3. The fraction of sp³-hybridized carbons (Fsp3) is 0.419. The molecule has 3 aliphatic rings. The highest BCUT2D eigenvalue weighted by Crippen LogP contribution is 2.55. The Kier molecular flexibility index (Phi) is 6.27. The predicted octanol–water partition coefficient (Wildman–Crippen LogP) is 7.99. The largest absolute Gasteiger partial charge is 0.487 e. The van der Waals surface area contributed by atoms with E-state index in [0.717, 1.165) is 62.6 Å². The molecule has 1 spiro atoms. The molecule has 0 amide bonds. The van der Waals surface area contributed by atoms with Gasteiger partial charge in [-0.3, -0.25) is 0 Å². The van der Waals surface area contributed by atoms with E-state index in [2.05, 4.69) is 0 Å². The molecule has 7 heteroatoms. The number of ether oxygens (including phenoxy) is 1. The minimum Gasteiger partial charge on any atom is -0.487 e. The van der Waals surface area contributed by atoms with Gasteiger partial charge in [0.1, 0.15) is 23.3 Å². The van der Waals surface area contributed by atoms with E-state index in [-0.39, 0.29) is 5.92 Å². The van der Waals surface area contributed by atoms with Crippen molar-refractivity contribution in [3.63, 3.8) is 0 Å².